The molecule has 0 amide bonds. The van der Waals surface area contributed by atoms with E-state index in [9.17, 15) is 0 Å². The number of nitrogens with zero attached hydrogens (tertiary/aromatic N) is 1. The van der Waals surface area contributed by atoms with Crippen molar-refractivity contribution >= 4 is 29.9 Å². The van der Waals surface area contributed by atoms with Crippen LogP contribution in [0.5, 0.6) is 0 Å². The summed E-state index contributed by atoms with van der Waals surface area (Å²) in [4.78, 5) is 4.69. The van der Waals surface area contributed by atoms with Gasteiger partial charge in [0.15, 0.2) is 5.96 Å². The normalized spacial score (nSPS) is 11.0. The molecular weight excluding hydrogens is 389 g/mol. The van der Waals surface area contributed by atoms with E-state index in [1.165, 1.54) is 22.3 Å². The van der Waals surface area contributed by atoms with Gasteiger partial charge in [0.2, 0.25) is 0 Å². The Bertz CT molecular complexity index is 452. The maximum atomic E-state index is 5.06. The third kappa shape index (κ3) is 7.45. The second-order valence-corrected chi connectivity index (χ2v) is 5.35. The van der Waals surface area contributed by atoms with E-state index < -0.39 is 0 Å². The number of methoxy groups -OCH3 is 1. The van der Waals surface area contributed by atoms with E-state index in [4.69, 9.17) is 4.74 Å². The summed E-state index contributed by atoms with van der Waals surface area (Å²) >= 11 is 0. The minimum absolute atomic E-state index is 0. The lowest BCUT2D eigenvalue weighted by atomic mass is 10.00. The molecule has 0 aliphatic carbocycles. The summed E-state index contributed by atoms with van der Waals surface area (Å²) < 4.78 is 5.06. The van der Waals surface area contributed by atoms with Crippen LogP contribution in [-0.2, 0) is 11.3 Å². The van der Waals surface area contributed by atoms with Gasteiger partial charge in [0.25, 0.3) is 0 Å². The lowest BCUT2D eigenvalue weighted by Crippen LogP contribution is -2.38. The van der Waals surface area contributed by atoms with Gasteiger partial charge < -0.3 is 15.4 Å². The molecule has 0 aliphatic rings. The molecule has 0 fully saturated rings. The van der Waals surface area contributed by atoms with Gasteiger partial charge in [-0.1, -0.05) is 17.7 Å². The summed E-state index contributed by atoms with van der Waals surface area (Å²) in [5.74, 6) is 0.868. The Hall–Kier alpha value is -0.820. The van der Waals surface area contributed by atoms with Crippen LogP contribution in [0.4, 0.5) is 0 Å². The van der Waals surface area contributed by atoms with Gasteiger partial charge >= 0.3 is 0 Å². The molecule has 0 saturated carbocycles. The van der Waals surface area contributed by atoms with Crippen molar-refractivity contribution in [2.75, 3.05) is 26.8 Å². The van der Waals surface area contributed by atoms with Crippen LogP contribution in [0.15, 0.2) is 17.1 Å². The molecule has 1 aromatic rings. The number of halogens is 1. The Labute approximate surface area is 152 Å². The highest BCUT2D eigenvalue weighted by Gasteiger charge is 2.04. The number of aryl methyl sites for hydroxylation is 3. The maximum Gasteiger partial charge on any atom is 0.191 e. The molecule has 0 atom stereocenters. The number of benzene rings is 1. The molecule has 0 spiro atoms. The quantitative estimate of drug-likeness (QED) is 0.309. The molecule has 0 saturated heterocycles. The molecule has 126 valence electrons. The fourth-order valence-electron chi connectivity index (χ4n) is 2.38. The fraction of sp³-hybridized carbons (Fsp3) is 0.588. The summed E-state index contributed by atoms with van der Waals surface area (Å²) in [6, 6.07) is 4.44. The van der Waals surface area contributed by atoms with Crippen molar-refractivity contribution in [3.8, 4) is 0 Å². The van der Waals surface area contributed by atoms with Gasteiger partial charge in [0.05, 0.1) is 6.54 Å². The molecule has 22 heavy (non-hydrogen) atoms. The summed E-state index contributed by atoms with van der Waals surface area (Å²) in [6.45, 7) is 11.7. The highest BCUT2D eigenvalue weighted by atomic mass is 127. The van der Waals surface area contributed by atoms with Crippen molar-refractivity contribution in [3.05, 3.63) is 34.4 Å². The highest BCUT2D eigenvalue weighted by Crippen LogP contribution is 2.17. The van der Waals surface area contributed by atoms with Crippen molar-refractivity contribution in [1.29, 1.82) is 0 Å². The van der Waals surface area contributed by atoms with Gasteiger partial charge in [-0.2, -0.15) is 0 Å². The van der Waals surface area contributed by atoms with Crippen molar-refractivity contribution in [2.24, 2.45) is 4.99 Å². The van der Waals surface area contributed by atoms with Gasteiger partial charge in [0, 0.05) is 26.8 Å². The number of hydrogen-bond donors (Lipinski definition) is 2. The lowest BCUT2D eigenvalue weighted by molar-refractivity contribution is 0.195. The Kier molecular flexibility index (Phi) is 11.3. The zero-order valence-electron chi connectivity index (χ0n) is 14.5. The van der Waals surface area contributed by atoms with E-state index in [0.717, 1.165) is 32.1 Å². The van der Waals surface area contributed by atoms with Gasteiger partial charge in [0.1, 0.15) is 0 Å². The average Bonchev–Trinajstić information content (AvgIpc) is 2.42. The third-order valence-electron chi connectivity index (χ3n) is 3.40. The molecule has 5 heteroatoms. The van der Waals surface area contributed by atoms with Crippen LogP contribution in [0.1, 0.15) is 35.6 Å². The molecule has 4 nitrogen and oxygen atoms in total. The molecule has 0 aliphatic heterocycles. The van der Waals surface area contributed by atoms with Gasteiger partial charge in [-0.25, -0.2) is 4.99 Å². The van der Waals surface area contributed by atoms with E-state index >= 15 is 0 Å². The van der Waals surface area contributed by atoms with E-state index in [-0.39, 0.29) is 24.0 Å². The number of hydrogen-bond acceptors (Lipinski definition) is 2. The maximum absolute atomic E-state index is 5.06. The molecular formula is C17H30IN3O. The first-order valence-electron chi connectivity index (χ1n) is 7.66. The van der Waals surface area contributed by atoms with Crippen LogP contribution in [-0.4, -0.2) is 32.8 Å². The molecule has 0 bridgehead atoms. The second kappa shape index (κ2) is 11.7. The topological polar surface area (TPSA) is 45.7 Å². The number of ether oxygens (including phenoxy) is 1. The highest BCUT2D eigenvalue weighted by molar-refractivity contribution is 14.0. The first-order valence-corrected chi connectivity index (χ1v) is 7.66. The Balaban J connectivity index is 0.00000441. The van der Waals surface area contributed by atoms with Crippen molar-refractivity contribution in [1.82, 2.24) is 10.6 Å². The SMILES string of the molecule is CCNC(=NCc1c(C)cc(C)cc1C)NCCCOC.I. The van der Waals surface area contributed by atoms with Crippen molar-refractivity contribution in [3.63, 3.8) is 0 Å². The van der Waals surface area contributed by atoms with Gasteiger partial charge in [-0.15, -0.1) is 24.0 Å². The van der Waals surface area contributed by atoms with Crippen LogP contribution in [0, 0.1) is 20.8 Å². The predicted octanol–water partition coefficient (Wildman–Crippen LogP) is 3.32. The van der Waals surface area contributed by atoms with E-state index in [0.29, 0.717) is 6.54 Å². The Morgan fingerprint density at radius 1 is 1.14 bits per heavy atom. The molecule has 0 unspecified atom stereocenters. The van der Waals surface area contributed by atoms with Crippen LogP contribution in [0.2, 0.25) is 0 Å². The largest absolute Gasteiger partial charge is 0.385 e. The van der Waals surface area contributed by atoms with Crippen LogP contribution < -0.4 is 10.6 Å². The summed E-state index contributed by atoms with van der Waals surface area (Å²) in [6.07, 6.45) is 0.976. The van der Waals surface area contributed by atoms with Crippen LogP contribution >= 0.6 is 24.0 Å². The third-order valence-corrected chi connectivity index (χ3v) is 3.40. The number of guanidine groups is 1. The number of rotatable bonds is 7. The lowest BCUT2D eigenvalue weighted by Gasteiger charge is -2.13. The van der Waals surface area contributed by atoms with Crippen LogP contribution in [0.3, 0.4) is 0 Å². The molecule has 0 radical (unpaired) electrons. The monoisotopic (exact) mass is 419 g/mol. The molecule has 2 N–H and O–H groups in total. The van der Waals surface area contributed by atoms with Crippen LogP contribution in [0.25, 0.3) is 0 Å². The van der Waals surface area contributed by atoms with E-state index in [1.807, 2.05) is 0 Å². The van der Waals surface area contributed by atoms with Gasteiger partial charge in [-0.05, 0) is 50.8 Å². The molecule has 0 heterocycles. The Morgan fingerprint density at radius 3 is 2.32 bits per heavy atom. The second-order valence-electron chi connectivity index (χ2n) is 5.35. The zero-order chi connectivity index (χ0) is 15.7. The van der Waals surface area contributed by atoms with Gasteiger partial charge in [-0.3, -0.25) is 0 Å². The summed E-state index contributed by atoms with van der Waals surface area (Å²) in [7, 11) is 1.72. The van der Waals surface area contributed by atoms with Crippen molar-refractivity contribution < 1.29 is 4.74 Å². The summed E-state index contributed by atoms with van der Waals surface area (Å²) in [5.41, 5.74) is 5.25. The van der Waals surface area contributed by atoms with Crippen molar-refractivity contribution in [2.45, 2.75) is 40.7 Å². The first kappa shape index (κ1) is 21.2. The predicted molar refractivity (Wildman–Crippen MR) is 105 cm³/mol. The number of aliphatic imine (C=N–C) groups is 1. The molecule has 0 aromatic heterocycles. The van der Waals surface area contributed by atoms with E-state index in [1.54, 1.807) is 7.11 Å². The average molecular weight is 419 g/mol. The summed E-state index contributed by atoms with van der Waals surface area (Å²) in [5, 5.41) is 6.61. The first-order chi connectivity index (χ1) is 10.1. The minimum atomic E-state index is 0. The fourth-order valence-corrected chi connectivity index (χ4v) is 2.38. The minimum Gasteiger partial charge on any atom is -0.385 e. The smallest absolute Gasteiger partial charge is 0.191 e. The standard InChI is InChI=1S/C17H29N3O.HI/c1-6-18-17(19-8-7-9-21-5)20-12-16-14(3)10-13(2)11-15(16)4;/h10-11H,6-9,12H2,1-5H3,(H2,18,19,20);1H. The Morgan fingerprint density at radius 2 is 1.77 bits per heavy atom. The molecule has 1 rings (SSSR count). The number of nitrogens with one attached hydrogen (secondary N) is 2. The molecule has 1 aromatic carbocycles. The van der Waals surface area contributed by atoms with E-state index in [2.05, 4.69) is 55.5 Å². The zero-order valence-corrected chi connectivity index (χ0v) is 16.8.